The van der Waals surface area contributed by atoms with Gasteiger partial charge in [-0.3, -0.25) is 0 Å². The third-order valence-electron chi connectivity index (χ3n) is 3.59. The van der Waals surface area contributed by atoms with Crippen LogP contribution in [0, 0.1) is 0 Å². The van der Waals surface area contributed by atoms with Gasteiger partial charge in [0.15, 0.2) is 0 Å². The van der Waals surface area contributed by atoms with Crippen LogP contribution in [0.2, 0.25) is 10.0 Å². The Bertz CT molecular complexity index is 389. The van der Waals surface area contributed by atoms with Gasteiger partial charge < -0.3 is 10.2 Å². The maximum Gasteiger partial charge on any atom is 0.0747 e. The largest absolute Gasteiger partial charge is 0.366 e. The molecular weight excluding hydrogens is 267 g/mol. The van der Waals surface area contributed by atoms with Crippen LogP contribution in [0.1, 0.15) is 26.7 Å². The Labute approximate surface area is 119 Å². The highest BCUT2D eigenvalue weighted by atomic mass is 35.5. The highest BCUT2D eigenvalue weighted by Crippen LogP contribution is 2.36. The second-order valence-corrected chi connectivity index (χ2v) is 5.71. The summed E-state index contributed by atoms with van der Waals surface area (Å²) >= 11 is 12.6. The molecule has 0 spiro atoms. The summed E-state index contributed by atoms with van der Waals surface area (Å²) in [5, 5.41) is 5.02. The van der Waals surface area contributed by atoms with E-state index in [0.29, 0.717) is 12.1 Å². The van der Waals surface area contributed by atoms with Gasteiger partial charge >= 0.3 is 0 Å². The minimum Gasteiger partial charge on any atom is -0.366 e. The molecule has 18 heavy (non-hydrogen) atoms. The summed E-state index contributed by atoms with van der Waals surface area (Å²) in [6, 6.07) is 6.78. The average molecular weight is 287 g/mol. The first kappa shape index (κ1) is 14.0. The van der Waals surface area contributed by atoms with Gasteiger partial charge in [0.2, 0.25) is 0 Å². The van der Waals surface area contributed by atoms with E-state index in [0.717, 1.165) is 41.7 Å². The average Bonchev–Trinajstić information content (AvgIpc) is 2.32. The molecular formula is C14H20Cl2N2. The molecule has 100 valence electrons. The first-order valence-electron chi connectivity index (χ1n) is 6.57. The Morgan fingerprint density at radius 3 is 2.56 bits per heavy atom. The number of hydrogen-bond donors (Lipinski definition) is 1. The summed E-state index contributed by atoms with van der Waals surface area (Å²) in [5.74, 6) is 0. The van der Waals surface area contributed by atoms with E-state index < -0.39 is 0 Å². The molecule has 0 aromatic heterocycles. The van der Waals surface area contributed by atoms with Gasteiger partial charge in [-0.1, -0.05) is 36.2 Å². The molecule has 0 radical (unpaired) electrons. The predicted octanol–water partition coefficient (Wildman–Crippen LogP) is 3.96. The van der Waals surface area contributed by atoms with Gasteiger partial charge in [-0.05, 0) is 38.4 Å². The van der Waals surface area contributed by atoms with Crippen molar-refractivity contribution in [1.29, 1.82) is 0 Å². The lowest BCUT2D eigenvalue weighted by atomic mass is 9.97. The molecule has 2 rings (SSSR count). The van der Waals surface area contributed by atoms with Crippen molar-refractivity contribution in [2.45, 2.75) is 38.8 Å². The Morgan fingerprint density at radius 1 is 1.33 bits per heavy atom. The van der Waals surface area contributed by atoms with Gasteiger partial charge in [0.05, 0.1) is 15.7 Å². The Hall–Kier alpha value is -0.440. The maximum absolute atomic E-state index is 6.28. The molecule has 2 atom stereocenters. The van der Waals surface area contributed by atoms with Gasteiger partial charge in [-0.15, -0.1) is 0 Å². The van der Waals surface area contributed by atoms with Gasteiger partial charge in [0, 0.05) is 18.6 Å². The topological polar surface area (TPSA) is 15.3 Å². The molecule has 0 bridgehead atoms. The monoisotopic (exact) mass is 286 g/mol. The fourth-order valence-corrected chi connectivity index (χ4v) is 3.36. The van der Waals surface area contributed by atoms with Gasteiger partial charge in [-0.25, -0.2) is 0 Å². The van der Waals surface area contributed by atoms with Crippen molar-refractivity contribution in [2.24, 2.45) is 0 Å². The van der Waals surface area contributed by atoms with Gasteiger partial charge in [0.25, 0.3) is 0 Å². The predicted molar refractivity (Wildman–Crippen MR) is 80.0 cm³/mol. The van der Waals surface area contributed by atoms with E-state index in [1.807, 2.05) is 18.2 Å². The minimum absolute atomic E-state index is 0.459. The zero-order chi connectivity index (χ0) is 13.1. The Morgan fingerprint density at radius 2 is 2.00 bits per heavy atom. The summed E-state index contributed by atoms with van der Waals surface area (Å²) in [7, 11) is 0. The number of hydrogen-bond acceptors (Lipinski definition) is 2. The number of nitrogens with one attached hydrogen (secondary N) is 1. The molecule has 1 heterocycles. The van der Waals surface area contributed by atoms with Crippen molar-refractivity contribution in [1.82, 2.24) is 5.32 Å². The standard InChI is InChI=1S/C14H20Cl2N2/c1-3-17-11-7-8-18(10(2)9-11)14-12(15)5-4-6-13(14)16/h4-6,10-11,17H,3,7-9H2,1-2H3. The summed E-state index contributed by atoms with van der Waals surface area (Å²) < 4.78 is 0. The number of rotatable bonds is 3. The van der Waals surface area contributed by atoms with E-state index in [2.05, 4.69) is 24.1 Å². The molecule has 0 saturated carbocycles. The van der Waals surface area contributed by atoms with Crippen molar-refractivity contribution in [2.75, 3.05) is 18.0 Å². The Kier molecular flexibility index (Phi) is 4.77. The number of benzene rings is 1. The lowest BCUT2D eigenvalue weighted by Gasteiger charge is -2.40. The van der Waals surface area contributed by atoms with Crippen LogP contribution in [0.5, 0.6) is 0 Å². The molecule has 2 nitrogen and oxygen atoms in total. The molecule has 1 aliphatic rings. The summed E-state index contributed by atoms with van der Waals surface area (Å²) in [6.45, 7) is 6.43. The Balaban J connectivity index is 2.15. The molecule has 2 unspecified atom stereocenters. The third-order valence-corrected chi connectivity index (χ3v) is 4.20. The van der Waals surface area contributed by atoms with Gasteiger partial charge in [0.1, 0.15) is 0 Å². The van der Waals surface area contributed by atoms with Crippen molar-refractivity contribution in [3.63, 3.8) is 0 Å². The number of para-hydroxylation sites is 1. The van der Waals surface area contributed by atoms with Crippen molar-refractivity contribution >= 4 is 28.9 Å². The molecule has 0 aliphatic carbocycles. The quantitative estimate of drug-likeness (QED) is 0.905. The van der Waals surface area contributed by atoms with E-state index in [4.69, 9.17) is 23.2 Å². The molecule has 4 heteroatoms. The molecule has 1 fully saturated rings. The van der Waals surface area contributed by atoms with E-state index in [-0.39, 0.29) is 0 Å². The zero-order valence-electron chi connectivity index (χ0n) is 10.9. The molecule has 1 aliphatic heterocycles. The van der Waals surface area contributed by atoms with E-state index in [9.17, 15) is 0 Å². The summed E-state index contributed by atoms with van der Waals surface area (Å²) in [6.07, 6.45) is 2.27. The second-order valence-electron chi connectivity index (χ2n) is 4.89. The molecule has 0 amide bonds. The fourth-order valence-electron chi connectivity index (χ4n) is 2.74. The highest BCUT2D eigenvalue weighted by molar-refractivity contribution is 6.39. The third kappa shape index (κ3) is 2.93. The van der Waals surface area contributed by atoms with Crippen LogP contribution in [0.4, 0.5) is 5.69 Å². The van der Waals surface area contributed by atoms with Crippen LogP contribution in [0.3, 0.4) is 0 Å². The van der Waals surface area contributed by atoms with Crippen molar-refractivity contribution in [3.8, 4) is 0 Å². The number of piperidine rings is 1. The zero-order valence-corrected chi connectivity index (χ0v) is 12.4. The summed E-state index contributed by atoms with van der Waals surface area (Å²) in [5.41, 5.74) is 0.989. The molecule has 1 aromatic carbocycles. The van der Waals surface area contributed by atoms with E-state index >= 15 is 0 Å². The van der Waals surface area contributed by atoms with Gasteiger partial charge in [-0.2, -0.15) is 0 Å². The van der Waals surface area contributed by atoms with Crippen LogP contribution in [-0.4, -0.2) is 25.2 Å². The fraction of sp³-hybridized carbons (Fsp3) is 0.571. The number of halogens is 2. The molecule has 1 aromatic rings. The lowest BCUT2D eigenvalue weighted by Crippen LogP contribution is -2.47. The number of nitrogens with zero attached hydrogens (tertiary/aromatic N) is 1. The van der Waals surface area contributed by atoms with Crippen molar-refractivity contribution in [3.05, 3.63) is 28.2 Å². The summed E-state index contributed by atoms with van der Waals surface area (Å²) in [4.78, 5) is 2.33. The maximum atomic E-state index is 6.28. The first-order chi connectivity index (χ1) is 8.63. The normalized spacial score (nSPS) is 24.3. The first-order valence-corrected chi connectivity index (χ1v) is 7.33. The van der Waals surface area contributed by atoms with Crippen molar-refractivity contribution < 1.29 is 0 Å². The number of anilines is 1. The van der Waals surface area contributed by atoms with Crippen LogP contribution < -0.4 is 10.2 Å². The van der Waals surface area contributed by atoms with E-state index in [1.54, 1.807) is 0 Å². The lowest BCUT2D eigenvalue weighted by molar-refractivity contribution is 0.374. The van der Waals surface area contributed by atoms with E-state index in [1.165, 1.54) is 0 Å². The second kappa shape index (κ2) is 6.14. The molecule has 1 saturated heterocycles. The smallest absolute Gasteiger partial charge is 0.0747 e. The highest BCUT2D eigenvalue weighted by Gasteiger charge is 2.27. The van der Waals surface area contributed by atoms with Crippen LogP contribution in [0.25, 0.3) is 0 Å². The van der Waals surface area contributed by atoms with Crippen LogP contribution in [0.15, 0.2) is 18.2 Å². The SMILES string of the molecule is CCNC1CCN(c2c(Cl)cccc2Cl)C(C)C1. The van der Waals surface area contributed by atoms with Crippen LogP contribution >= 0.6 is 23.2 Å². The molecule has 1 N–H and O–H groups in total. The van der Waals surface area contributed by atoms with Crippen LogP contribution in [-0.2, 0) is 0 Å². The minimum atomic E-state index is 0.459.